The Kier molecular flexibility index (Phi) is 3.91. The molecule has 1 unspecified atom stereocenters. The Morgan fingerprint density at radius 1 is 1.53 bits per heavy atom. The number of nitrogens with two attached hydrogens (primary N) is 1. The molecular formula is C10H18F3N3O. The summed E-state index contributed by atoms with van der Waals surface area (Å²) in [5.41, 5.74) is 5.61. The smallest absolute Gasteiger partial charge is 0.329 e. The number of urea groups is 1. The highest BCUT2D eigenvalue weighted by Crippen LogP contribution is 2.27. The molecule has 17 heavy (non-hydrogen) atoms. The molecule has 1 aliphatic heterocycles. The summed E-state index contributed by atoms with van der Waals surface area (Å²) < 4.78 is 35.8. The summed E-state index contributed by atoms with van der Waals surface area (Å²) in [5, 5.41) is 1.87. The van der Waals surface area contributed by atoms with Crippen LogP contribution in [-0.2, 0) is 0 Å². The number of nitrogens with one attached hydrogen (secondary N) is 1. The van der Waals surface area contributed by atoms with Crippen LogP contribution in [0.2, 0.25) is 0 Å². The van der Waals surface area contributed by atoms with E-state index in [1.165, 1.54) is 4.90 Å². The van der Waals surface area contributed by atoms with Gasteiger partial charge in [0.25, 0.3) is 0 Å². The van der Waals surface area contributed by atoms with Crippen molar-refractivity contribution in [2.45, 2.75) is 32.5 Å². The fourth-order valence-electron chi connectivity index (χ4n) is 1.83. The molecule has 1 saturated heterocycles. The van der Waals surface area contributed by atoms with Gasteiger partial charge in [-0.25, -0.2) is 4.79 Å². The van der Waals surface area contributed by atoms with Crippen molar-refractivity contribution in [3.63, 3.8) is 0 Å². The summed E-state index contributed by atoms with van der Waals surface area (Å²) in [7, 11) is 0. The molecule has 3 N–H and O–H groups in total. The molecule has 7 heteroatoms. The van der Waals surface area contributed by atoms with Crippen LogP contribution in [0.5, 0.6) is 0 Å². The molecule has 0 aromatic carbocycles. The summed E-state index contributed by atoms with van der Waals surface area (Å²) in [6.45, 7) is 3.28. The zero-order chi connectivity index (χ0) is 13.3. The second-order valence-electron chi connectivity index (χ2n) is 5.08. The number of hydrogen-bond donors (Lipinski definition) is 2. The highest BCUT2D eigenvalue weighted by atomic mass is 19.4. The van der Waals surface area contributed by atoms with E-state index in [0.717, 1.165) is 0 Å². The van der Waals surface area contributed by atoms with Gasteiger partial charge in [0.05, 0.1) is 0 Å². The molecule has 0 aromatic heterocycles. The van der Waals surface area contributed by atoms with E-state index in [1.54, 1.807) is 0 Å². The van der Waals surface area contributed by atoms with Crippen molar-refractivity contribution >= 4 is 6.03 Å². The van der Waals surface area contributed by atoms with Crippen molar-refractivity contribution in [1.82, 2.24) is 10.2 Å². The fraction of sp³-hybridized carbons (Fsp3) is 0.900. The van der Waals surface area contributed by atoms with E-state index in [2.05, 4.69) is 0 Å². The normalized spacial score (nSPS) is 24.6. The lowest BCUT2D eigenvalue weighted by Crippen LogP contribution is -2.56. The van der Waals surface area contributed by atoms with Crippen molar-refractivity contribution in [3.05, 3.63) is 0 Å². The van der Waals surface area contributed by atoms with E-state index in [1.807, 2.05) is 19.2 Å². The molecule has 0 spiro atoms. The first-order valence-corrected chi connectivity index (χ1v) is 5.47. The largest absolute Gasteiger partial charge is 0.405 e. The topological polar surface area (TPSA) is 58.4 Å². The number of likely N-dealkylation sites (tertiary alicyclic amines) is 1. The van der Waals surface area contributed by atoms with Crippen molar-refractivity contribution in [3.8, 4) is 0 Å². The first-order chi connectivity index (χ1) is 7.62. The Balaban J connectivity index is 2.49. The molecule has 0 aliphatic carbocycles. The quantitative estimate of drug-likeness (QED) is 0.740. The third-order valence-electron chi connectivity index (χ3n) is 3.04. The Morgan fingerprint density at radius 2 is 2.12 bits per heavy atom. The van der Waals surface area contributed by atoms with Crippen LogP contribution in [0.15, 0.2) is 0 Å². The summed E-state index contributed by atoms with van der Waals surface area (Å²) in [6.07, 6.45) is -3.77. The summed E-state index contributed by atoms with van der Waals surface area (Å²) in [6, 6.07) is -0.712. The average Bonchev–Trinajstić information content (AvgIpc) is 2.17. The average molecular weight is 253 g/mol. The van der Waals surface area contributed by atoms with Gasteiger partial charge in [0.2, 0.25) is 0 Å². The first-order valence-electron chi connectivity index (χ1n) is 5.47. The lowest BCUT2D eigenvalue weighted by atomic mass is 9.80. The van der Waals surface area contributed by atoms with Crippen LogP contribution >= 0.6 is 0 Å². The highest BCUT2D eigenvalue weighted by Gasteiger charge is 2.36. The summed E-state index contributed by atoms with van der Waals surface area (Å²) >= 11 is 0. The minimum atomic E-state index is -4.38. The zero-order valence-electron chi connectivity index (χ0n) is 9.97. The van der Waals surface area contributed by atoms with Gasteiger partial charge >= 0.3 is 12.2 Å². The third kappa shape index (κ3) is 4.07. The second-order valence-corrected chi connectivity index (χ2v) is 5.08. The predicted octanol–water partition coefficient (Wildman–Crippen LogP) is 1.32. The van der Waals surface area contributed by atoms with Gasteiger partial charge in [-0.3, -0.25) is 0 Å². The van der Waals surface area contributed by atoms with Gasteiger partial charge < -0.3 is 16.0 Å². The Hall–Kier alpha value is -0.980. The zero-order valence-corrected chi connectivity index (χ0v) is 9.97. The molecule has 4 nitrogen and oxygen atoms in total. The number of hydrogen-bond acceptors (Lipinski definition) is 2. The van der Waals surface area contributed by atoms with E-state index < -0.39 is 18.8 Å². The summed E-state index contributed by atoms with van der Waals surface area (Å²) in [4.78, 5) is 12.9. The molecule has 0 saturated carbocycles. The van der Waals surface area contributed by atoms with Gasteiger partial charge in [-0.1, -0.05) is 13.8 Å². The minimum absolute atomic E-state index is 0.0332. The molecule has 1 rings (SSSR count). The lowest BCUT2D eigenvalue weighted by molar-refractivity contribution is -0.123. The maximum Gasteiger partial charge on any atom is 0.405 e. The first kappa shape index (κ1) is 14.1. The number of carbonyl (C=O) groups excluding carboxylic acids is 1. The van der Waals surface area contributed by atoms with E-state index in [4.69, 9.17) is 5.73 Å². The van der Waals surface area contributed by atoms with Crippen LogP contribution in [-0.4, -0.2) is 42.8 Å². The molecule has 1 aliphatic rings. The monoisotopic (exact) mass is 253 g/mol. The van der Waals surface area contributed by atoms with Gasteiger partial charge in [0.15, 0.2) is 0 Å². The van der Waals surface area contributed by atoms with Crippen molar-refractivity contribution in [1.29, 1.82) is 0 Å². The van der Waals surface area contributed by atoms with Crippen LogP contribution in [0.25, 0.3) is 0 Å². The minimum Gasteiger partial charge on any atom is -0.329 e. The SMILES string of the molecule is CC1(C)CN(C(=O)NCC(F)(F)F)CCC1N. The Labute approximate surface area is 98.3 Å². The van der Waals surface area contributed by atoms with Crippen LogP contribution in [0.1, 0.15) is 20.3 Å². The number of alkyl halides is 3. The molecule has 100 valence electrons. The lowest BCUT2D eigenvalue weighted by Gasteiger charge is -2.42. The van der Waals surface area contributed by atoms with E-state index in [9.17, 15) is 18.0 Å². The van der Waals surface area contributed by atoms with Gasteiger partial charge in [-0.05, 0) is 11.8 Å². The number of halogens is 3. The maximum atomic E-state index is 11.9. The van der Waals surface area contributed by atoms with E-state index >= 15 is 0 Å². The predicted molar refractivity (Wildman–Crippen MR) is 57.4 cm³/mol. The molecule has 0 aromatic rings. The molecule has 2 amide bonds. The number of carbonyl (C=O) groups is 1. The fourth-order valence-corrected chi connectivity index (χ4v) is 1.83. The molecule has 0 bridgehead atoms. The highest BCUT2D eigenvalue weighted by molar-refractivity contribution is 5.74. The molecule has 1 fully saturated rings. The van der Waals surface area contributed by atoms with Crippen LogP contribution in [0.4, 0.5) is 18.0 Å². The second kappa shape index (κ2) is 4.72. The van der Waals surface area contributed by atoms with Crippen molar-refractivity contribution in [2.75, 3.05) is 19.6 Å². The van der Waals surface area contributed by atoms with Gasteiger partial charge in [-0.15, -0.1) is 0 Å². The number of rotatable bonds is 1. The van der Waals surface area contributed by atoms with Gasteiger partial charge in [0.1, 0.15) is 6.54 Å². The standard InChI is InChI=1S/C10H18F3N3O/c1-9(2)6-16(4-3-7(9)14)8(17)15-5-10(11,12)13/h7H,3-6,14H2,1-2H3,(H,15,17). The molecule has 1 atom stereocenters. The van der Waals surface area contributed by atoms with Crippen LogP contribution < -0.4 is 11.1 Å². The van der Waals surface area contributed by atoms with Gasteiger partial charge in [0, 0.05) is 19.1 Å². The number of amides is 2. The van der Waals surface area contributed by atoms with Gasteiger partial charge in [-0.2, -0.15) is 13.2 Å². The third-order valence-corrected chi connectivity index (χ3v) is 3.04. The summed E-state index contributed by atoms with van der Waals surface area (Å²) in [5.74, 6) is 0. The van der Waals surface area contributed by atoms with E-state index in [-0.39, 0.29) is 11.5 Å². The van der Waals surface area contributed by atoms with Crippen molar-refractivity contribution in [2.24, 2.45) is 11.1 Å². The Morgan fingerprint density at radius 3 is 2.59 bits per heavy atom. The molecule has 0 radical (unpaired) electrons. The number of piperidine rings is 1. The number of nitrogens with zero attached hydrogens (tertiary/aromatic N) is 1. The van der Waals surface area contributed by atoms with Crippen LogP contribution in [0.3, 0.4) is 0 Å². The van der Waals surface area contributed by atoms with E-state index in [0.29, 0.717) is 19.5 Å². The Bertz CT molecular complexity index is 291. The van der Waals surface area contributed by atoms with Crippen LogP contribution in [0, 0.1) is 5.41 Å². The maximum absolute atomic E-state index is 11.9. The molecular weight excluding hydrogens is 235 g/mol. The molecule has 1 heterocycles. The van der Waals surface area contributed by atoms with Crippen molar-refractivity contribution < 1.29 is 18.0 Å².